The lowest BCUT2D eigenvalue weighted by Crippen LogP contribution is -2.46. The van der Waals surface area contributed by atoms with Gasteiger partial charge in [0, 0.05) is 39.5 Å². The van der Waals surface area contributed by atoms with Crippen LogP contribution < -0.4 is 21.3 Å². The number of rotatable bonds is 3. The van der Waals surface area contributed by atoms with E-state index in [1.54, 1.807) is 0 Å². The fraction of sp³-hybridized carbons (Fsp3) is 0.167. The molecular weight excluding hydrogens is 507 g/mol. The van der Waals surface area contributed by atoms with Gasteiger partial charge in [-0.1, -0.05) is 11.6 Å². The molecule has 0 aromatic heterocycles. The molecule has 0 spiro atoms. The third-order valence-corrected chi connectivity index (χ3v) is 6.49. The first-order chi connectivity index (χ1) is 16.9. The third kappa shape index (κ3) is 3.98. The van der Waals surface area contributed by atoms with Crippen LogP contribution in [0.4, 0.5) is 43.8 Å². The van der Waals surface area contributed by atoms with E-state index in [4.69, 9.17) is 17.3 Å². The van der Waals surface area contributed by atoms with E-state index >= 15 is 0 Å². The van der Waals surface area contributed by atoms with Crippen molar-refractivity contribution in [2.75, 3.05) is 22.5 Å². The predicted octanol–water partition coefficient (Wildman–Crippen LogP) is 5.65. The van der Waals surface area contributed by atoms with Crippen LogP contribution in [0.25, 0.3) is 0 Å². The van der Waals surface area contributed by atoms with E-state index in [9.17, 15) is 31.5 Å². The fourth-order valence-corrected chi connectivity index (χ4v) is 4.80. The van der Waals surface area contributed by atoms with Crippen LogP contribution >= 0.6 is 11.6 Å². The van der Waals surface area contributed by atoms with Gasteiger partial charge in [-0.25, -0.2) is 13.6 Å². The van der Waals surface area contributed by atoms with Gasteiger partial charge in [-0.2, -0.15) is 13.2 Å². The van der Waals surface area contributed by atoms with Crippen LogP contribution in [0.15, 0.2) is 42.5 Å². The highest BCUT2D eigenvalue weighted by molar-refractivity contribution is 6.31. The smallest absolute Gasteiger partial charge is 0.398 e. The maximum atomic E-state index is 14.1. The summed E-state index contributed by atoms with van der Waals surface area (Å²) in [6, 6.07) is 4.95. The van der Waals surface area contributed by atoms with Gasteiger partial charge in [0.15, 0.2) is 0 Å². The maximum Gasteiger partial charge on any atom is 0.416 e. The number of hydrogen-bond donors (Lipinski definition) is 3. The van der Waals surface area contributed by atoms with E-state index in [1.165, 1.54) is 17.0 Å². The van der Waals surface area contributed by atoms with E-state index < -0.39 is 46.9 Å². The molecule has 2 aliphatic rings. The summed E-state index contributed by atoms with van der Waals surface area (Å²) >= 11 is 6.31. The van der Waals surface area contributed by atoms with Gasteiger partial charge in [0.2, 0.25) is 0 Å². The second-order valence-electron chi connectivity index (χ2n) is 8.38. The molecule has 2 aliphatic heterocycles. The molecule has 3 aromatic rings. The lowest BCUT2D eigenvalue weighted by atomic mass is 9.91. The van der Waals surface area contributed by atoms with Gasteiger partial charge in [-0.3, -0.25) is 9.69 Å². The third-order valence-electron chi connectivity index (χ3n) is 6.14. The zero-order valence-corrected chi connectivity index (χ0v) is 18.9. The molecule has 0 saturated carbocycles. The Balaban J connectivity index is 1.65. The fourth-order valence-electron chi connectivity index (χ4n) is 4.57. The molecule has 0 bridgehead atoms. The minimum Gasteiger partial charge on any atom is -0.398 e. The van der Waals surface area contributed by atoms with Crippen LogP contribution in [-0.4, -0.2) is 18.5 Å². The summed E-state index contributed by atoms with van der Waals surface area (Å²) in [6.45, 7) is 0.290. The zero-order chi connectivity index (χ0) is 25.9. The summed E-state index contributed by atoms with van der Waals surface area (Å²) < 4.78 is 67.5. The molecule has 6 nitrogen and oxygen atoms in total. The largest absolute Gasteiger partial charge is 0.416 e. The normalized spacial score (nSPS) is 16.6. The summed E-state index contributed by atoms with van der Waals surface area (Å²) in [5.41, 5.74) is 6.10. The Hall–Kier alpha value is -3.86. The monoisotopic (exact) mass is 522 g/mol. The minimum absolute atomic E-state index is 0.0475. The number of nitrogen functional groups attached to an aromatic ring is 1. The van der Waals surface area contributed by atoms with Crippen molar-refractivity contribution in [2.45, 2.75) is 18.6 Å². The number of hydrogen-bond acceptors (Lipinski definition) is 3. The van der Waals surface area contributed by atoms with Gasteiger partial charge in [-0.15, -0.1) is 0 Å². The second kappa shape index (κ2) is 8.37. The van der Waals surface area contributed by atoms with Crippen LogP contribution in [0.1, 0.15) is 38.7 Å². The molecule has 4 N–H and O–H groups in total. The summed E-state index contributed by atoms with van der Waals surface area (Å²) in [5, 5.41) is 5.36. The van der Waals surface area contributed by atoms with Crippen molar-refractivity contribution in [1.29, 1.82) is 0 Å². The summed E-state index contributed by atoms with van der Waals surface area (Å²) in [4.78, 5) is 27.2. The van der Waals surface area contributed by atoms with Crippen molar-refractivity contribution in [1.82, 2.24) is 5.32 Å². The standard InChI is InChI=1S/C24H16ClF5N4O2/c25-16-2-1-12(26)8-15(16)20-19-18(9-17(31)14-3-4-34(21(14)19)23(36)33-20)32-22(35)10-5-11(24(28,29)30)7-13(27)6-10/h1-2,5-9,20H,3-4,31H2,(H,32,35)(H,33,36)/t20-/m0/s1. The number of urea groups is 1. The second-order valence-corrected chi connectivity index (χ2v) is 8.79. The summed E-state index contributed by atoms with van der Waals surface area (Å²) in [5.74, 6) is -2.91. The molecule has 186 valence electrons. The average molecular weight is 523 g/mol. The Kier molecular flexibility index (Phi) is 5.55. The van der Waals surface area contributed by atoms with Gasteiger partial charge in [0.25, 0.3) is 5.91 Å². The first-order valence-electron chi connectivity index (χ1n) is 10.6. The van der Waals surface area contributed by atoms with Crippen molar-refractivity contribution in [3.63, 3.8) is 0 Å². The first kappa shape index (κ1) is 23.9. The molecule has 5 rings (SSSR count). The van der Waals surface area contributed by atoms with E-state index in [0.717, 1.165) is 12.1 Å². The van der Waals surface area contributed by atoms with Gasteiger partial charge >= 0.3 is 12.2 Å². The van der Waals surface area contributed by atoms with Crippen molar-refractivity contribution >= 4 is 40.6 Å². The zero-order valence-electron chi connectivity index (χ0n) is 18.1. The Morgan fingerprint density at radius 2 is 1.86 bits per heavy atom. The number of nitrogens with two attached hydrogens (primary N) is 1. The molecule has 0 fully saturated rings. The Bertz CT molecular complexity index is 1440. The highest BCUT2D eigenvalue weighted by atomic mass is 35.5. The Labute approximate surface area is 205 Å². The van der Waals surface area contributed by atoms with Crippen LogP contribution in [0.5, 0.6) is 0 Å². The molecule has 1 atom stereocenters. The number of benzene rings is 3. The molecule has 3 amide bonds. The van der Waals surface area contributed by atoms with Crippen LogP contribution in [0.3, 0.4) is 0 Å². The summed E-state index contributed by atoms with van der Waals surface area (Å²) in [7, 11) is 0. The molecular formula is C24H16ClF5N4O2. The molecule has 0 unspecified atom stereocenters. The number of halogens is 6. The Morgan fingerprint density at radius 3 is 2.58 bits per heavy atom. The van der Waals surface area contributed by atoms with Gasteiger partial charge < -0.3 is 16.4 Å². The van der Waals surface area contributed by atoms with Crippen LogP contribution in [0, 0.1) is 11.6 Å². The molecule has 12 heteroatoms. The van der Waals surface area contributed by atoms with Crippen molar-refractivity contribution < 1.29 is 31.5 Å². The molecule has 3 aromatic carbocycles. The molecule has 36 heavy (non-hydrogen) atoms. The van der Waals surface area contributed by atoms with Crippen molar-refractivity contribution in [3.05, 3.63) is 86.9 Å². The van der Waals surface area contributed by atoms with Gasteiger partial charge in [0.1, 0.15) is 11.6 Å². The number of carbonyl (C=O) groups is 2. The van der Waals surface area contributed by atoms with Crippen LogP contribution in [-0.2, 0) is 12.6 Å². The van der Waals surface area contributed by atoms with Crippen molar-refractivity contribution in [3.8, 4) is 0 Å². The SMILES string of the molecule is Nc1cc(NC(=O)c2cc(F)cc(C(F)(F)F)c2)c2c3c1CCN3C(=O)N[C@H]2c1cc(F)ccc1Cl. The van der Waals surface area contributed by atoms with E-state index in [-0.39, 0.29) is 34.6 Å². The van der Waals surface area contributed by atoms with Gasteiger partial charge in [0.05, 0.1) is 23.0 Å². The predicted molar refractivity (Wildman–Crippen MR) is 123 cm³/mol. The molecule has 0 radical (unpaired) electrons. The molecule has 0 aliphatic carbocycles. The number of anilines is 3. The van der Waals surface area contributed by atoms with E-state index in [1.807, 2.05) is 0 Å². The van der Waals surface area contributed by atoms with Crippen molar-refractivity contribution in [2.24, 2.45) is 0 Å². The van der Waals surface area contributed by atoms with Crippen LogP contribution in [0.2, 0.25) is 5.02 Å². The topological polar surface area (TPSA) is 87.5 Å². The van der Waals surface area contributed by atoms with E-state index in [2.05, 4.69) is 10.6 Å². The number of nitrogens with zero attached hydrogens (tertiary/aromatic N) is 1. The average Bonchev–Trinajstić information content (AvgIpc) is 3.25. The number of amides is 3. The number of carbonyl (C=O) groups excluding carboxylic acids is 2. The molecule has 0 saturated heterocycles. The lowest BCUT2D eigenvalue weighted by Gasteiger charge is -2.35. The highest BCUT2D eigenvalue weighted by Gasteiger charge is 2.40. The lowest BCUT2D eigenvalue weighted by molar-refractivity contribution is -0.137. The number of nitrogens with one attached hydrogen (secondary N) is 2. The maximum absolute atomic E-state index is 14.1. The van der Waals surface area contributed by atoms with Gasteiger partial charge in [-0.05, 0) is 48.9 Å². The minimum atomic E-state index is -4.87. The molecule has 2 heterocycles. The Morgan fingerprint density at radius 1 is 1.11 bits per heavy atom. The number of alkyl halides is 3. The quantitative estimate of drug-likeness (QED) is 0.307. The van der Waals surface area contributed by atoms with E-state index in [0.29, 0.717) is 35.4 Å². The summed E-state index contributed by atoms with van der Waals surface area (Å²) in [6.07, 6.45) is -4.45. The highest BCUT2D eigenvalue weighted by Crippen LogP contribution is 2.48. The first-order valence-corrected chi connectivity index (χ1v) is 11.0.